The fourth-order valence-corrected chi connectivity index (χ4v) is 4.29. The molecule has 1 aliphatic rings. The van der Waals surface area contributed by atoms with Gasteiger partial charge in [0.15, 0.2) is 0 Å². The van der Waals surface area contributed by atoms with Crippen LogP contribution >= 0.6 is 0 Å². The van der Waals surface area contributed by atoms with Gasteiger partial charge in [0.25, 0.3) is 5.69 Å². The highest BCUT2D eigenvalue weighted by Gasteiger charge is 2.28. The van der Waals surface area contributed by atoms with E-state index in [1.54, 1.807) is 20.8 Å². The van der Waals surface area contributed by atoms with E-state index in [0.717, 1.165) is 25.7 Å². The Morgan fingerprint density at radius 3 is 2.28 bits per heavy atom. The number of nitrogens with zero attached hydrogens (tertiary/aromatic N) is 3. The van der Waals surface area contributed by atoms with Gasteiger partial charge in [-0.3, -0.25) is 10.1 Å². The molecule has 0 atom stereocenters. The molecular weight excluding hydrogens is 344 g/mol. The van der Waals surface area contributed by atoms with E-state index < -0.39 is 20.5 Å². The molecule has 8 nitrogen and oxygen atoms in total. The van der Waals surface area contributed by atoms with Gasteiger partial charge in [-0.25, -0.2) is 13.1 Å². The smallest absolute Gasteiger partial charge is 0.293 e. The van der Waals surface area contributed by atoms with Crippen LogP contribution in [0, 0.1) is 10.1 Å². The van der Waals surface area contributed by atoms with Crippen molar-refractivity contribution < 1.29 is 13.3 Å². The number of likely N-dealkylation sites (N-methyl/N-ethyl adjacent to an activating group) is 1. The summed E-state index contributed by atoms with van der Waals surface area (Å²) < 4.78 is 27.4. The summed E-state index contributed by atoms with van der Waals surface area (Å²) in [7, 11) is -3.82. The van der Waals surface area contributed by atoms with Gasteiger partial charge in [-0.1, -0.05) is 6.92 Å². The molecule has 0 amide bonds. The maximum atomic E-state index is 12.4. The molecule has 1 aliphatic heterocycles. The van der Waals surface area contributed by atoms with Crippen LogP contribution in [0.25, 0.3) is 0 Å². The highest BCUT2D eigenvalue weighted by Crippen LogP contribution is 2.31. The number of hydrogen-bond donors (Lipinski definition) is 1. The lowest BCUT2D eigenvalue weighted by atomic mass is 10.1. The zero-order chi connectivity index (χ0) is 18.8. The van der Waals surface area contributed by atoms with Gasteiger partial charge in [0.05, 0.1) is 9.82 Å². The van der Waals surface area contributed by atoms with E-state index in [0.29, 0.717) is 18.8 Å². The largest absolute Gasteiger partial charge is 0.363 e. The second-order valence-corrected chi connectivity index (χ2v) is 8.87. The van der Waals surface area contributed by atoms with E-state index in [2.05, 4.69) is 16.5 Å². The number of rotatable bonds is 5. The number of anilines is 1. The fraction of sp³-hybridized carbons (Fsp3) is 0.625. The van der Waals surface area contributed by atoms with Crippen LogP contribution in [0.1, 0.15) is 27.7 Å². The molecule has 1 aromatic carbocycles. The lowest BCUT2D eigenvalue weighted by molar-refractivity contribution is -0.384. The van der Waals surface area contributed by atoms with E-state index in [1.165, 1.54) is 12.1 Å². The molecule has 0 unspecified atom stereocenters. The lowest BCUT2D eigenvalue weighted by Crippen LogP contribution is -2.46. The first-order valence-electron chi connectivity index (χ1n) is 8.33. The molecule has 1 N–H and O–H groups in total. The standard InChI is InChI=1S/C16H26N4O4S/c1-5-18-8-10-19(11-9-18)14-7-6-13(12-15(14)20(21)22)25(23,24)17-16(2,3)4/h6-7,12,17H,5,8-11H2,1-4H3. The van der Waals surface area contributed by atoms with E-state index in [9.17, 15) is 18.5 Å². The summed E-state index contributed by atoms with van der Waals surface area (Å²) in [6.07, 6.45) is 0. The third-order valence-corrected chi connectivity index (χ3v) is 5.81. The molecule has 0 saturated carbocycles. The minimum absolute atomic E-state index is 0.0925. The van der Waals surface area contributed by atoms with Gasteiger partial charge < -0.3 is 9.80 Å². The van der Waals surface area contributed by atoms with E-state index in [-0.39, 0.29) is 10.6 Å². The van der Waals surface area contributed by atoms with Crippen molar-refractivity contribution in [3.63, 3.8) is 0 Å². The first-order chi connectivity index (χ1) is 11.5. The molecule has 0 aliphatic carbocycles. The maximum Gasteiger partial charge on any atom is 0.293 e. The van der Waals surface area contributed by atoms with Crippen LogP contribution in [-0.4, -0.2) is 56.5 Å². The highest BCUT2D eigenvalue weighted by molar-refractivity contribution is 7.89. The van der Waals surface area contributed by atoms with Gasteiger partial charge in [-0.2, -0.15) is 0 Å². The molecule has 0 bridgehead atoms. The summed E-state index contributed by atoms with van der Waals surface area (Å²) >= 11 is 0. The molecule has 1 aromatic rings. The van der Waals surface area contributed by atoms with Gasteiger partial charge in [-0.05, 0) is 39.4 Å². The van der Waals surface area contributed by atoms with Crippen LogP contribution in [0.2, 0.25) is 0 Å². The van der Waals surface area contributed by atoms with Crippen molar-refractivity contribution in [3.8, 4) is 0 Å². The number of nitrogens with one attached hydrogen (secondary N) is 1. The summed E-state index contributed by atoms with van der Waals surface area (Å²) in [6.45, 7) is 11.2. The Kier molecular flexibility index (Phi) is 5.70. The van der Waals surface area contributed by atoms with Crippen LogP contribution in [0.5, 0.6) is 0 Å². The Morgan fingerprint density at radius 2 is 1.80 bits per heavy atom. The molecule has 1 heterocycles. The summed E-state index contributed by atoms with van der Waals surface area (Å²) in [5, 5.41) is 11.5. The highest BCUT2D eigenvalue weighted by atomic mass is 32.2. The normalized spacial score (nSPS) is 16.9. The van der Waals surface area contributed by atoms with Gasteiger partial charge in [-0.15, -0.1) is 0 Å². The lowest BCUT2D eigenvalue weighted by Gasteiger charge is -2.35. The number of sulfonamides is 1. The van der Waals surface area contributed by atoms with Crippen LogP contribution in [0.4, 0.5) is 11.4 Å². The molecule has 2 rings (SSSR count). The van der Waals surface area contributed by atoms with Crippen molar-refractivity contribution in [2.24, 2.45) is 0 Å². The van der Waals surface area contributed by atoms with Crippen LogP contribution in [-0.2, 0) is 10.0 Å². The SMILES string of the molecule is CCN1CCN(c2ccc(S(=O)(=O)NC(C)(C)C)cc2[N+](=O)[O-])CC1. The number of nitro groups is 1. The van der Waals surface area contributed by atoms with Crippen LogP contribution < -0.4 is 9.62 Å². The maximum absolute atomic E-state index is 12.4. The second-order valence-electron chi connectivity index (χ2n) is 7.18. The number of hydrogen-bond acceptors (Lipinski definition) is 6. The first-order valence-corrected chi connectivity index (χ1v) is 9.81. The molecule has 0 aromatic heterocycles. The number of nitro benzene ring substituents is 1. The molecule has 25 heavy (non-hydrogen) atoms. The first kappa shape index (κ1) is 19.6. The monoisotopic (exact) mass is 370 g/mol. The quantitative estimate of drug-likeness (QED) is 0.627. The predicted octanol–water partition coefficient (Wildman–Crippen LogP) is 1.81. The van der Waals surface area contributed by atoms with Crippen molar-refractivity contribution in [2.75, 3.05) is 37.6 Å². The van der Waals surface area contributed by atoms with Crippen molar-refractivity contribution in [1.29, 1.82) is 0 Å². The average Bonchev–Trinajstić information content (AvgIpc) is 2.52. The Morgan fingerprint density at radius 1 is 1.20 bits per heavy atom. The van der Waals surface area contributed by atoms with Gasteiger partial charge in [0, 0.05) is 37.8 Å². The molecule has 0 radical (unpaired) electrons. The summed E-state index contributed by atoms with van der Waals surface area (Å²) in [6, 6.07) is 4.12. The van der Waals surface area contributed by atoms with E-state index >= 15 is 0 Å². The Labute approximate surface area is 149 Å². The summed E-state index contributed by atoms with van der Waals surface area (Å²) in [4.78, 5) is 15.1. The van der Waals surface area contributed by atoms with E-state index in [4.69, 9.17) is 0 Å². The molecule has 140 valence electrons. The topological polar surface area (TPSA) is 95.8 Å². The van der Waals surface area contributed by atoms with Crippen molar-refractivity contribution in [3.05, 3.63) is 28.3 Å². The molecule has 1 fully saturated rings. The second kappa shape index (κ2) is 7.27. The molecular formula is C16H26N4O4S. The van der Waals surface area contributed by atoms with Gasteiger partial charge in [0.1, 0.15) is 5.69 Å². The van der Waals surface area contributed by atoms with E-state index in [1.807, 2.05) is 4.90 Å². The van der Waals surface area contributed by atoms with Crippen molar-refractivity contribution in [2.45, 2.75) is 38.1 Å². The minimum Gasteiger partial charge on any atom is -0.363 e. The molecule has 1 saturated heterocycles. The summed E-state index contributed by atoms with van der Waals surface area (Å²) in [5.74, 6) is 0. The molecule has 9 heteroatoms. The summed E-state index contributed by atoms with van der Waals surface area (Å²) in [5.41, 5.74) is -0.375. The zero-order valence-electron chi connectivity index (χ0n) is 15.2. The minimum atomic E-state index is -3.82. The molecule has 0 spiro atoms. The third-order valence-electron chi connectivity index (χ3n) is 4.05. The van der Waals surface area contributed by atoms with Gasteiger partial charge in [0.2, 0.25) is 10.0 Å². The number of piperazine rings is 1. The fourth-order valence-electron chi connectivity index (χ4n) is 2.85. The Hall–Kier alpha value is -1.71. The Bertz CT molecular complexity index is 735. The van der Waals surface area contributed by atoms with Crippen LogP contribution in [0.3, 0.4) is 0 Å². The zero-order valence-corrected chi connectivity index (χ0v) is 16.0. The van der Waals surface area contributed by atoms with Crippen molar-refractivity contribution in [1.82, 2.24) is 9.62 Å². The number of benzene rings is 1. The Balaban J connectivity index is 2.34. The predicted molar refractivity (Wildman–Crippen MR) is 97.5 cm³/mol. The van der Waals surface area contributed by atoms with Gasteiger partial charge >= 0.3 is 0 Å². The average molecular weight is 370 g/mol. The van der Waals surface area contributed by atoms with Crippen molar-refractivity contribution >= 4 is 21.4 Å². The van der Waals surface area contributed by atoms with Crippen LogP contribution in [0.15, 0.2) is 23.1 Å². The third kappa shape index (κ3) is 4.90.